The highest BCUT2D eigenvalue weighted by Gasteiger charge is 2.53. The van der Waals surface area contributed by atoms with Crippen LogP contribution in [0.5, 0.6) is 0 Å². The standard InChI is InChI=1S/C25H25N7O7S2/c26-14-5-2-9-31(10-14)8-1-4-13-11-40-21-17(20(34)32(21)18(13)22(35)36)29-19(33)16(15-12-41-24(27)28-15)30-39-25(23(37)38)6-3-7-25/h1-2,4-5,9-10,12,17,21H,3,6-8,11,26H2,(H4-,27,28,29,33,35,36,37,38)/b4-1+,30-16-/t17?,21-/m0/s1. The second-order valence-electron chi connectivity index (χ2n) is 9.51. The molecule has 16 heteroatoms. The van der Waals surface area contributed by atoms with E-state index in [1.165, 1.54) is 17.1 Å². The van der Waals surface area contributed by atoms with E-state index in [9.17, 15) is 29.4 Å². The number of aliphatic carboxylic acids is 2. The summed E-state index contributed by atoms with van der Waals surface area (Å²) in [4.78, 5) is 60.5. The quantitative estimate of drug-likeness (QED) is 0.112. The number of rotatable bonds is 10. The number of carboxylic acids is 2. The van der Waals surface area contributed by atoms with Gasteiger partial charge in [0, 0.05) is 30.0 Å². The van der Waals surface area contributed by atoms with E-state index < -0.39 is 40.8 Å². The minimum atomic E-state index is -1.54. The molecule has 214 valence electrons. The number of amides is 2. The highest BCUT2D eigenvalue weighted by molar-refractivity contribution is 8.00. The Labute approximate surface area is 241 Å². The molecule has 4 heterocycles. The Kier molecular flexibility index (Phi) is 7.68. The van der Waals surface area contributed by atoms with Crippen LogP contribution in [0, 0.1) is 0 Å². The zero-order valence-electron chi connectivity index (χ0n) is 21.4. The zero-order chi connectivity index (χ0) is 29.3. The summed E-state index contributed by atoms with van der Waals surface area (Å²) in [6.45, 7) is 0.421. The lowest BCUT2D eigenvalue weighted by molar-refractivity contribution is -0.686. The number of carbonyl (C=O) groups is 4. The van der Waals surface area contributed by atoms with Gasteiger partial charge < -0.3 is 36.6 Å². The number of nitrogens with two attached hydrogens (primary N) is 2. The van der Waals surface area contributed by atoms with Gasteiger partial charge in [0.1, 0.15) is 17.1 Å². The van der Waals surface area contributed by atoms with Gasteiger partial charge in [-0.2, -0.15) is 4.57 Å². The van der Waals surface area contributed by atoms with Crippen molar-refractivity contribution in [3.05, 3.63) is 59.0 Å². The number of nitrogens with one attached hydrogen (secondary N) is 1. The molecule has 1 saturated carbocycles. The van der Waals surface area contributed by atoms with Crippen molar-refractivity contribution in [1.29, 1.82) is 0 Å². The van der Waals surface area contributed by atoms with Gasteiger partial charge in [-0.3, -0.25) is 14.5 Å². The summed E-state index contributed by atoms with van der Waals surface area (Å²) in [5.74, 6) is -3.97. The normalized spacial score (nSPS) is 21.6. The fourth-order valence-corrected chi connectivity index (χ4v) is 6.38. The van der Waals surface area contributed by atoms with Gasteiger partial charge in [0.15, 0.2) is 29.8 Å². The molecule has 3 aliphatic rings. The van der Waals surface area contributed by atoms with Crippen molar-refractivity contribution in [2.24, 2.45) is 5.16 Å². The highest BCUT2D eigenvalue weighted by atomic mass is 32.2. The molecule has 2 atom stereocenters. The number of carboxylic acid groups (broad SMARTS) is 2. The molecule has 0 aromatic carbocycles. The maximum Gasteiger partial charge on any atom is 0.350 e. The van der Waals surface area contributed by atoms with E-state index in [1.807, 2.05) is 10.8 Å². The summed E-state index contributed by atoms with van der Waals surface area (Å²) < 4.78 is 1.81. The number of β-lactam (4-membered cyclic amide) rings is 1. The van der Waals surface area contributed by atoms with Crippen molar-refractivity contribution < 1.29 is 38.8 Å². The van der Waals surface area contributed by atoms with Crippen molar-refractivity contribution in [1.82, 2.24) is 15.2 Å². The van der Waals surface area contributed by atoms with Gasteiger partial charge in [0.05, 0.1) is 17.4 Å². The lowest BCUT2D eigenvalue weighted by Gasteiger charge is -2.50. The summed E-state index contributed by atoms with van der Waals surface area (Å²) in [5.41, 5.74) is 10.3. The number of pyridine rings is 1. The summed E-state index contributed by atoms with van der Waals surface area (Å²) >= 11 is 2.31. The number of thioether (sulfide) groups is 1. The third-order valence-electron chi connectivity index (χ3n) is 6.84. The van der Waals surface area contributed by atoms with Crippen LogP contribution in [-0.4, -0.2) is 67.2 Å². The molecule has 1 unspecified atom stereocenters. The lowest BCUT2D eigenvalue weighted by Crippen LogP contribution is -2.71. The van der Waals surface area contributed by atoms with Gasteiger partial charge in [0.25, 0.3) is 11.8 Å². The Balaban J connectivity index is 1.32. The second-order valence-corrected chi connectivity index (χ2v) is 11.5. The van der Waals surface area contributed by atoms with Crippen LogP contribution in [0.15, 0.2) is 58.5 Å². The first-order chi connectivity index (χ1) is 19.6. The molecule has 0 radical (unpaired) electrons. The predicted octanol–water partition coefficient (Wildman–Crippen LogP) is -1.02. The van der Waals surface area contributed by atoms with E-state index >= 15 is 0 Å². The fraction of sp³-hybridized carbons (Fsp3) is 0.320. The van der Waals surface area contributed by atoms with Gasteiger partial charge in [-0.25, -0.2) is 9.78 Å². The smallest absolute Gasteiger partial charge is 0.350 e. The molecule has 2 aromatic rings. The van der Waals surface area contributed by atoms with Gasteiger partial charge in [-0.1, -0.05) is 11.2 Å². The summed E-state index contributed by atoms with van der Waals surface area (Å²) in [5, 5.41) is 28.9. The summed E-state index contributed by atoms with van der Waals surface area (Å²) in [6.07, 6.45) is 7.98. The number of hydrogen-bond acceptors (Lipinski definition) is 12. The van der Waals surface area contributed by atoms with Gasteiger partial charge in [-0.15, -0.1) is 23.1 Å². The molecule has 2 aliphatic heterocycles. The first kappa shape index (κ1) is 28.1. The van der Waals surface area contributed by atoms with Crippen LogP contribution >= 0.6 is 23.1 Å². The third kappa shape index (κ3) is 5.47. The minimum Gasteiger partial charge on any atom is -0.543 e. The number of allylic oxidation sites excluding steroid dienone is 2. The van der Waals surface area contributed by atoms with Crippen molar-refractivity contribution >= 4 is 63.4 Å². The molecule has 2 aromatic heterocycles. The van der Waals surface area contributed by atoms with Gasteiger partial charge in [-0.05, 0) is 24.1 Å². The van der Waals surface area contributed by atoms with Crippen LogP contribution < -0.4 is 26.5 Å². The molecule has 5 rings (SSSR count). The summed E-state index contributed by atoms with van der Waals surface area (Å²) in [6, 6.07) is 2.45. The summed E-state index contributed by atoms with van der Waals surface area (Å²) in [7, 11) is 0. The predicted molar refractivity (Wildman–Crippen MR) is 146 cm³/mol. The number of nitrogen functional groups attached to an aromatic ring is 2. The molecular weight excluding hydrogens is 574 g/mol. The number of nitrogens with zero attached hydrogens (tertiary/aromatic N) is 4. The number of aromatic nitrogens is 2. The van der Waals surface area contributed by atoms with E-state index in [4.69, 9.17) is 16.3 Å². The molecular formula is C25H25N7O7S2. The van der Waals surface area contributed by atoms with Crippen molar-refractivity contribution in [2.45, 2.75) is 42.8 Å². The van der Waals surface area contributed by atoms with Crippen molar-refractivity contribution in [3.8, 4) is 0 Å². The molecule has 1 saturated heterocycles. The van der Waals surface area contributed by atoms with E-state index in [0.29, 0.717) is 24.2 Å². The van der Waals surface area contributed by atoms with E-state index in [1.54, 1.807) is 30.5 Å². The van der Waals surface area contributed by atoms with Crippen molar-refractivity contribution in [3.63, 3.8) is 0 Å². The first-order valence-corrected chi connectivity index (χ1v) is 14.3. The van der Waals surface area contributed by atoms with Crippen molar-refractivity contribution in [2.75, 3.05) is 17.2 Å². The number of thiazole rings is 1. The van der Waals surface area contributed by atoms with Crippen LogP contribution in [0.2, 0.25) is 0 Å². The van der Waals surface area contributed by atoms with E-state index in [2.05, 4.69) is 15.5 Å². The van der Waals surface area contributed by atoms with Gasteiger partial charge in [0.2, 0.25) is 5.60 Å². The topological polar surface area (TPSA) is 217 Å². The number of oxime groups is 1. The maximum absolute atomic E-state index is 13.3. The molecule has 1 aliphatic carbocycles. The minimum absolute atomic E-state index is 0.0468. The fourth-order valence-electron chi connectivity index (χ4n) is 4.52. The molecule has 0 spiro atoms. The lowest BCUT2D eigenvalue weighted by atomic mass is 9.80. The average Bonchev–Trinajstić information content (AvgIpc) is 3.33. The highest BCUT2D eigenvalue weighted by Crippen LogP contribution is 2.40. The largest absolute Gasteiger partial charge is 0.543 e. The van der Waals surface area contributed by atoms with Crippen LogP contribution in [0.25, 0.3) is 0 Å². The van der Waals surface area contributed by atoms with E-state index in [-0.39, 0.29) is 40.8 Å². The Hall–Kier alpha value is -4.44. The molecule has 2 fully saturated rings. The Morgan fingerprint density at radius 2 is 2.15 bits per heavy atom. The Bertz CT molecular complexity index is 1510. The Morgan fingerprint density at radius 3 is 2.76 bits per heavy atom. The second kappa shape index (κ2) is 11.2. The molecule has 0 bridgehead atoms. The average molecular weight is 600 g/mol. The van der Waals surface area contributed by atoms with Crippen LogP contribution in [-0.2, 0) is 30.6 Å². The third-order valence-corrected chi connectivity index (χ3v) is 8.81. The number of carbonyl (C=O) groups excluding carboxylic acids is 3. The number of anilines is 2. The van der Waals surface area contributed by atoms with Crippen LogP contribution in [0.4, 0.5) is 10.8 Å². The molecule has 2 amide bonds. The number of fused-ring (bicyclic) bond motifs is 1. The van der Waals surface area contributed by atoms with E-state index in [0.717, 1.165) is 16.2 Å². The first-order valence-electron chi connectivity index (χ1n) is 12.4. The Morgan fingerprint density at radius 1 is 1.37 bits per heavy atom. The van der Waals surface area contributed by atoms with Crippen LogP contribution in [0.3, 0.4) is 0 Å². The molecule has 6 N–H and O–H groups in total. The monoisotopic (exact) mass is 599 g/mol. The number of hydrogen-bond donors (Lipinski definition) is 4. The SMILES string of the molecule is Nc1ccc[n+](C/C=C/C2=C(C(=O)[O-])N3C(=O)C(NC(=O)/C(=N\OC4(C(=O)O)CCC4)c4csc(N)n4)[C@@H]3SC2)c1. The van der Waals surface area contributed by atoms with Gasteiger partial charge >= 0.3 is 5.97 Å². The maximum atomic E-state index is 13.3. The zero-order valence-corrected chi connectivity index (χ0v) is 23.0. The molecule has 41 heavy (non-hydrogen) atoms. The van der Waals surface area contributed by atoms with Crippen LogP contribution in [0.1, 0.15) is 25.0 Å². The molecule has 14 nitrogen and oxygen atoms in total.